The Labute approximate surface area is 199 Å². The molecule has 0 bridgehead atoms. The molecule has 176 valence electrons. The van der Waals surface area contributed by atoms with Gasteiger partial charge in [0.15, 0.2) is 0 Å². The van der Waals surface area contributed by atoms with E-state index in [1.54, 1.807) is 24.3 Å². The molecule has 0 radical (unpaired) electrons. The monoisotopic (exact) mass is 472 g/mol. The van der Waals surface area contributed by atoms with Gasteiger partial charge in [0.25, 0.3) is 11.7 Å². The zero-order chi connectivity index (χ0) is 24.1. The third kappa shape index (κ3) is 4.84. The van der Waals surface area contributed by atoms with Gasteiger partial charge in [-0.15, -0.1) is 0 Å². The van der Waals surface area contributed by atoms with Crippen LogP contribution in [0.5, 0.6) is 11.5 Å². The highest BCUT2D eigenvalue weighted by atomic mass is 35.5. The van der Waals surface area contributed by atoms with Gasteiger partial charge in [0.2, 0.25) is 0 Å². The fourth-order valence-corrected chi connectivity index (χ4v) is 4.30. The minimum Gasteiger partial charge on any atom is -0.507 e. The molecule has 2 aromatic rings. The number of ketones is 1. The first kappa shape index (κ1) is 24.6. The van der Waals surface area contributed by atoms with Gasteiger partial charge in [-0.2, -0.15) is 0 Å². The molecule has 33 heavy (non-hydrogen) atoms. The number of nitrogens with zero attached hydrogens (tertiary/aromatic N) is 2. The van der Waals surface area contributed by atoms with Gasteiger partial charge in [0.05, 0.1) is 31.4 Å². The van der Waals surface area contributed by atoms with E-state index in [1.165, 1.54) is 25.2 Å². The highest BCUT2D eigenvalue weighted by molar-refractivity contribution is 6.46. The van der Waals surface area contributed by atoms with E-state index in [4.69, 9.17) is 21.1 Å². The van der Waals surface area contributed by atoms with Crippen LogP contribution in [0.15, 0.2) is 48.0 Å². The van der Waals surface area contributed by atoms with E-state index in [0.717, 1.165) is 13.1 Å². The van der Waals surface area contributed by atoms with Crippen molar-refractivity contribution >= 4 is 29.1 Å². The van der Waals surface area contributed by atoms with Crippen molar-refractivity contribution in [1.29, 1.82) is 0 Å². The summed E-state index contributed by atoms with van der Waals surface area (Å²) in [5, 5.41) is 11.7. The number of amides is 1. The number of aliphatic hydroxyl groups is 1. The number of likely N-dealkylation sites (N-methyl/N-ethyl adjacent to an activating group) is 1. The molecule has 0 spiro atoms. The van der Waals surface area contributed by atoms with Gasteiger partial charge in [-0.25, -0.2) is 0 Å². The second kappa shape index (κ2) is 10.7. The molecule has 1 heterocycles. The highest BCUT2D eigenvalue weighted by Crippen LogP contribution is 2.43. The minimum absolute atomic E-state index is 0.0235. The maximum absolute atomic E-state index is 13.2. The molecule has 7 nitrogen and oxygen atoms in total. The van der Waals surface area contributed by atoms with Gasteiger partial charge in [-0.05, 0) is 37.4 Å². The smallest absolute Gasteiger partial charge is 0.295 e. The molecule has 8 heteroatoms. The quantitative estimate of drug-likeness (QED) is 0.336. The zero-order valence-electron chi connectivity index (χ0n) is 19.3. The van der Waals surface area contributed by atoms with Gasteiger partial charge >= 0.3 is 0 Å². The lowest BCUT2D eigenvalue weighted by molar-refractivity contribution is -0.140. The lowest BCUT2D eigenvalue weighted by atomic mass is 9.94. The number of likely N-dealkylation sites (tertiary alicyclic amines) is 1. The standard InChI is InChI=1S/C25H29ClN2O5/c1-5-27(6-2)13-14-28-22(17-9-7-8-10-19(17)32-3)21(24(30)25(28)31)23(29)18-15-16(26)11-12-20(18)33-4/h7-12,15,22,29H,5-6,13-14H2,1-4H3/b23-21+. The van der Waals surface area contributed by atoms with E-state index in [9.17, 15) is 14.7 Å². The lowest BCUT2D eigenvalue weighted by Gasteiger charge is -2.29. The van der Waals surface area contributed by atoms with E-state index in [1.807, 2.05) is 26.0 Å². The summed E-state index contributed by atoms with van der Waals surface area (Å²) in [6.45, 7) is 6.63. The van der Waals surface area contributed by atoms with Crippen molar-refractivity contribution in [2.24, 2.45) is 0 Å². The topological polar surface area (TPSA) is 79.3 Å². The Bertz CT molecular complexity index is 1060. The number of aliphatic hydroxyl groups excluding tert-OH is 1. The lowest BCUT2D eigenvalue weighted by Crippen LogP contribution is -2.38. The molecule has 1 aliphatic heterocycles. The summed E-state index contributed by atoms with van der Waals surface area (Å²) in [4.78, 5) is 30.1. The average Bonchev–Trinajstić information content (AvgIpc) is 3.08. The summed E-state index contributed by atoms with van der Waals surface area (Å²) < 4.78 is 10.9. The fourth-order valence-electron chi connectivity index (χ4n) is 4.13. The van der Waals surface area contributed by atoms with E-state index < -0.39 is 17.7 Å². The van der Waals surface area contributed by atoms with Crippen molar-refractivity contribution in [3.8, 4) is 11.5 Å². The number of carbonyl (C=O) groups is 2. The summed E-state index contributed by atoms with van der Waals surface area (Å²) in [6.07, 6.45) is 0. The van der Waals surface area contributed by atoms with Crippen molar-refractivity contribution in [2.75, 3.05) is 40.4 Å². The Morgan fingerprint density at radius 3 is 2.36 bits per heavy atom. The number of rotatable bonds is 9. The van der Waals surface area contributed by atoms with Gasteiger partial charge in [-0.1, -0.05) is 43.6 Å². The van der Waals surface area contributed by atoms with Gasteiger partial charge in [-0.3, -0.25) is 9.59 Å². The molecule has 2 aromatic carbocycles. The van der Waals surface area contributed by atoms with Gasteiger partial charge in [0, 0.05) is 23.7 Å². The number of para-hydroxylation sites is 1. The molecule has 0 aromatic heterocycles. The molecule has 1 amide bonds. The first-order valence-electron chi connectivity index (χ1n) is 10.8. The average molecular weight is 473 g/mol. The van der Waals surface area contributed by atoms with Crippen LogP contribution in [0.3, 0.4) is 0 Å². The first-order chi connectivity index (χ1) is 15.9. The van der Waals surface area contributed by atoms with Crippen molar-refractivity contribution < 1.29 is 24.2 Å². The number of halogens is 1. The van der Waals surface area contributed by atoms with Crippen molar-refractivity contribution in [3.05, 3.63) is 64.2 Å². The molecule has 1 saturated heterocycles. The number of hydrogen-bond acceptors (Lipinski definition) is 6. The Morgan fingerprint density at radius 1 is 1.06 bits per heavy atom. The number of hydrogen-bond donors (Lipinski definition) is 1. The largest absolute Gasteiger partial charge is 0.507 e. The number of carbonyl (C=O) groups excluding carboxylic acids is 2. The Kier molecular flexibility index (Phi) is 8.00. The number of Topliss-reactive ketones (excluding diaryl/α,β-unsaturated/α-hetero) is 1. The maximum Gasteiger partial charge on any atom is 0.295 e. The predicted octanol–water partition coefficient (Wildman–Crippen LogP) is 4.12. The van der Waals surface area contributed by atoms with Gasteiger partial charge in [0.1, 0.15) is 17.3 Å². The highest BCUT2D eigenvalue weighted by Gasteiger charge is 2.47. The van der Waals surface area contributed by atoms with E-state index in [-0.39, 0.29) is 16.9 Å². The molecule has 1 N–H and O–H groups in total. The number of methoxy groups -OCH3 is 2. The zero-order valence-corrected chi connectivity index (χ0v) is 20.1. The summed E-state index contributed by atoms with van der Waals surface area (Å²) in [5.41, 5.74) is 0.831. The van der Waals surface area contributed by atoms with Crippen LogP contribution in [0, 0.1) is 0 Å². The SMILES string of the molecule is CCN(CC)CCN1C(=O)C(=O)/C(=C(/O)c2cc(Cl)ccc2OC)C1c1ccccc1OC. The van der Waals surface area contributed by atoms with Crippen LogP contribution in [0.1, 0.15) is 31.0 Å². The van der Waals surface area contributed by atoms with Crippen LogP contribution < -0.4 is 9.47 Å². The Balaban J connectivity index is 2.21. The molecule has 1 fully saturated rings. The third-order valence-corrected chi connectivity index (χ3v) is 6.18. The third-order valence-electron chi connectivity index (χ3n) is 5.94. The maximum atomic E-state index is 13.2. The first-order valence-corrected chi connectivity index (χ1v) is 11.2. The van der Waals surface area contributed by atoms with E-state index >= 15 is 0 Å². The molecule has 0 aliphatic carbocycles. The Morgan fingerprint density at radius 2 is 1.73 bits per heavy atom. The molecule has 3 rings (SSSR count). The minimum atomic E-state index is -0.819. The summed E-state index contributed by atoms with van der Waals surface area (Å²) in [6, 6.07) is 11.1. The van der Waals surface area contributed by atoms with Crippen LogP contribution in [-0.4, -0.2) is 67.0 Å². The van der Waals surface area contributed by atoms with Crippen molar-refractivity contribution in [2.45, 2.75) is 19.9 Å². The molecule has 1 unspecified atom stereocenters. The van der Waals surface area contributed by atoms with Crippen molar-refractivity contribution in [1.82, 2.24) is 9.80 Å². The molecule has 0 saturated carbocycles. The Hall–Kier alpha value is -3.03. The van der Waals surface area contributed by atoms with E-state index in [2.05, 4.69) is 4.90 Å². The van der Waals surface area contributed by atoms with Crippen LogP contribution >= 0.6 is 11.6 Å². The molecular weight excluding hydrogens is 444 g/mol. The van der Waals surface area contributed by atoms with Crippen LogP contribution in [0.4, 0.5) is 0 Å². The molecule has 1 atom stereocenters. The second-order valence-electron chi connectivity index (χ2n) is 7.61. The molecule has 1 aliphatic rings. The van der Waals surface area contributed by atoms with Crippen LogP contribution in [-0.2, 0) is 9.59 Å². The second-order valence-corrected chi connectivity index (χ2v) is 8.04. The van der Waals surface area contributed by atoms with Gasteiger partial charge < -0.3 is 24.4 Å². The fraction of sp³-hybridized carbons (Fsp3) is 0.360. The summed E-state index contributed by atoms with van der Waals surface area (Å²) in [7, 11) is 2.99. The summed E-state index contributed by atoms with van der Waals surface area (Å²) in [5.74, 6) is -0.911. The predicted molar refractivity (Wildman–Crippen MR) is 128 cm³/mol. The van der Waals surface area contributed by atoms with Crippen LogP contribution in [0.25, 0.3) is 5.76 Å². The van der Waals surface area contributed by atoms with E-state index in [0.29, 0.717) is 35.2 Å². The normalized spacial score (nSPS) is 17.6. The number of benzene rings is 2. The number of ether oxygens (including phenoxy) is 2. The summed E-state index contributed by atoms with van der Waals surface area (Å²) >= 11 is 6.16. The van der Waals surface area contributed by atoms with Crippen molar-refractivity contribution in [3.63, 3.8) is 0 Å². The van der Waals surface area contributed by atoms with Crippen LogP contribution in [0.2, 0.25) is 5.02 Å². The molecular formula is C25H29ClN2O5.